The number of hydrogen-bond donors (Lipinski definition) is 9. The zero-order valence-corrected chi connectivity index (χ0v) is 18.7. The highest BCUT2D eigenvalue weighted by molar-refractivity contribution is 7.80. The number of nitrogens with zero attached hydrogens (tertiary/aromatic N) is 1. The number of nitrogens with two attached hydrogens (primary N) is 2. The average molecular weight is 488 g/mol. The van der Waals surface area contributed by atoms with Gasteiger partial charge in [0.1, 0.15) is 18.1 Å². The van der Waals surface area contributed by atoms with Gasteiger partial charge in [0.25, 0.3) is 0 Å². The fourth-order valence-corrected chi connectivity index (χ4v) is 2.82. The maximum atomic E-state index is 12.9. The fourth-order valence-electron chi connectivity index (χ4n) is 2.65. The van der Waals surface area contributed by atoms with Gasteiger partial charge in [-0.25, -0.2) is 9.78 Å². The second-order valence-electron chi connectivity index (χ2n) is 7.26. The van der Waals surface area contributed by atoms with Crippen LogP contribution in [0.4, 0.5) is 0 Å². The highest BCUT2D eigenvalue weighted by Gasteiger charge is 2.33. The molecule has 14 nitrogen and oxygen atoms in total. The van der Waals surface area contributed by atoms with Crippen LogP contribution in [0.3, 0.4) is 0 Å². The van der Waals surface area contributed by atoms with Crippen LogP contribution in [0.25, 0.3) is 0 Å². The number of aliphatic hydroxyl groups excluding tert-OH is 1. The van der Waals surface area contributed by atoms with Crippen molar-refractivity contribution in [1.82, 2.24) is 25.9 Å². The van der Waals surface area contributed by atoms with E-state index in [9.17, 15) is 34.2 Å². The third-order valence-electron chi connectivity index (χ3n) is 4.50. The number of carboxylic acid groups (broad SMARTS) is 1. The molecule has 0 bridgehead atoms. The maximum Gasteiger partial charge on any atom is 0.326 e. The Labute approximate surface area is 194 Å². The van der Waals surface area contributed by atoms with Gasteiger partial charge < -0.3 is 42.6 Å². The Kier molecular flexibility index (Phi) is 11.3. The largest absolute Gasteiger partial charge is 0.480 e. The van der Waals surface area contributed by atoms with Crippen LogP contribution in [-0.4, -0.2) is 85.8 Å². The minimum atomic E-state index is -1.56. The van der Waals surface area contributed by atoms with Crippen LogP contribution in [0.15, 0.2) is 12.5 Å². The van der Waals surface area contributed by atoms with Gasteiger partial charge in [-0.3, -0.25) is 19.2 Å². The van der Waals surface area contributed by atoms with Crippen molar-refractivity contribution in [2.75, 3.05) is 5.75 Å². The van der Waals surface area contributed by atoms with Gasteiger partial charge in [0.2, 0.25) is 23.6 Å². The summed E-state index contributed by atoms with van der Waals surface area (Å²) in [5.41, 5.74) is 11.1. The molecular weight excluding hydrogens is 458 g/mol. The molecular formula is C18H29N7O7S. The Balaban J connectivity index is 2.98. The molecule has 1 aromatic rings. The van der Waals surface area contributed by atoms with E-state index < -0.39 is 59.9 Å². The molecule has 184 valence electrons. The van der Waals surface area contributed by atoms with E-state index in [0.717, 1.165) is 0 Å². The Morgan fingerprint density at radius 3 is 2.24 bits per heavy atom. The molecule has 0 aliphatic rings. The van der Waals surface area contributed by atoms with Crippen LogP contribution >= 0.6 is 12.6 Å². The van der Waals surface area contributed by atoms with Gasteiger partial charge in [-0.15, -0.1) is 0 Å². The van der Waals surface area contributed by atoms with Gasteiger partial charge in [0, 0.05) is 30.5 Å². The number of aromatic amines is 1. The van der Waals surface area contributed by atoms with Gasteiger partial charge >= 0.3 is 5.97 Å². The number of aliphatic hydroxyl groups is 1. The van der Waals surface area contributed by atoms with Crippen LogP contribution < -0.4 is 27.4 Å². The number of carbonyl (C=O) groups excluding carboxylic acids is 4. The summed E-state index contributed by atoms with van der Waals surface area (Å²) in [4.78, 5) is 66.6. The summed E-state index contributed by atoms with van der Waals surface area (Å²) in [6.07, 6.45) is 0.753. The van der Waals surface area contributed by atoms with Gasteiger partial charge in [-0.2, -0.15) is 12.6 Å². The second kappa shape index (κ2) is 13.4. The molecule has 5 atom stereocenters. The Morgan fingerprint density at radius 1 is 1.12 bits per heavy atom. The van der Waals surface area contributed by atoms with Crippen LogP contribution in [0, 0.1) is 0 Å². The van der Waals surface area contributed by atoms with E-state index in [1.54, 1.807) is 0 Å². The molecule has 0 saturated heterocycles. The predicted molar refractivity (Wildman–Crippen MR) is 118 cm³/mol. The van der Waals surface area contributed by atoms with Crippen molar-refractivity contribution in [3.8, 4) is 0 Å². The van der Waals surface area contributed by atoms with E-state index in [-0.39, 0.29) is 25.0 Å². The van der Waals surface area contributed by atoms with Gasteiger partial charge in [0.05, 0.1) is 18.5 Å². The minimum Gasteiger partial charge on any atom is -0.480 e. The fraction of sp³-hybridized carbons (Fsp3) is 0.556. The van der Waals surface area contributed by atoms with Gasteiger partial charge in [-0.05, 0) is 13.3 Å². The first kappa shape index (κ1) is 27.9. The molecule has 1 heterocycles. The summed E-state index contributed by atoms with van der Waals surface area (Å²) < 4.78 is 0. The lowest BCUT2D eigenvalue weighted by Gasteiger charge is -2.26. The first-order chi connectivity index (χ1) is 15.5. The van der Waals surface area contributed by atoms with E-state index in [2.05, 4.69) is 38.5 Å². The molecule has 1 rings (SSSR count). The molecule has 0 radical (unpaired) electrons. The number of thiol groups is 1. The Hall–Kier alpha value is -3.17. The van der Waals surface area contributed by atoms with E-state index in [4.69, 9.17) is 11.5 Å². The summed E-state index contributed by atoms with van der Waals surface area (Å²) in [6.45, 7) is 1.21. The second-order valence-corrected chi connectivity index (χ2v) is 7.63. The Bertz CT molecular complexity index is 834. The number of primary amides is 1. The third-order valence-corrected chi connectivity index (χ3v) is 4.90. The number of rotatable bonds is 14. The number of aliphatic carboxylic acids is 1. The molecule has 0 aliphatic carbocycles. The van der Waals surface area contributed by atoms with E-state index in [1.165, 1.54) is 19.4 Å². The first-order valence-corrected chi connectivity index (χ1v) is 10.5. The summed E-state index contributed by atoms with van der Waals surface area (Å²) in [5, 5.41) is 26.2. The lowest BCUT2D eigenvalue weighted by atomic mass is 10.1. The molecule has 0 spiro atoms. The molecule has 15 heteroatoms. The molecule has 0 aromatic carbocycles. The highest BCUT2D eigenvalue weighted by Crippen LogP contribution is 2.04. The van der Waals surface area contributed by atoms with Crippen molar-refractivity contribution < 1.29 is 34.2 Å². The molecule has 4 amide bonds. The number of amides is 4. The normalized spacial score (nSPS) is 15.4. The zero-order valence-electron chi connectivity index (χ0n) is 17.9. The summed E-state index contributed by atoms with van der Waals surface area (Å²) in [5.74, 6) is -4.67. The smallest absolute Gasteiger partial charge is 0.326 e. The molecule has 5 unspecified atom stereocenters. The number of carboxylic acids is 1. The monoisotopic (exact) mass is 487 g/mol. The van der Waals surface area contributed by atoms with Crippen molar-refractivity contribution >= 4 is 42.2 Å². The first-order valence-electron chi connectivity index (χ1n) is 9.90. The van der Waals surface area contributed by atoms with Crippen molar-refractivity contribution in [2.24, 2.45) is 11.5 Å². The SMILES string of the molecule is CC(O)C(NC(=O)C(Cc1cnc[nH]1)NC(=O)C(N)CS)C(=O)NC(CCC(N)=O)C(=O)O. The standard InChI is InChI=1S/C18H29N7O7S/c1-8(26)14(17(30)23-11(18(31)32)2-3-13(20)27)25-16(29)12(4-9-5-21-7-22-9)24-15(28)10(19)6-33/h5,7-8,10-12,14,26,33H,2-4,6,19H2,1H3,(H2,20,27)(H,21,22)(H,23,30)(H,24,28)(H,25,29)(H,31,32). The van der Waals surface area contributed by atoms with Crippen molar-refractivity contribution in [1.29, 1.82) is 0 Å². The van der Waals surface area contributed by atoms with E-state index >= 15 is 0 Å². The van der Waals surface area contributed by atoms with Gasteiger partial charge in [0.15, 0.2) is 0 Å². The molecule has 0 saturated carbocycles. The van der Waals surface area contributed by atoms with Crippen LogP contribution in [0.2, 0.25) is 0 Å². The summed E-state index contributed by atoms with van der Waals surface area (Å²) in [7, 11) is 0. The van der Waals surface area contributed by atoms with Gasteiger partial charge in [-0.1, -0.05) is 0 Å². The number of imidazole rings is 1. The lowest BCUT2D eigenvalue weighted by Crippen LogP contribution is -2.60. The third kappa shape index (κ3) is 9.46. The molecule has 1 aromatic heterocycles. The Morgan fingerprint density at radius 2 is 1.76 bits per heavy atom. The topological polar surface area (TPSA) is 243 Å². The lowest BCUT2D eigenvalue weighted by molar-refractivity contribution is -0.143. The van der Waals surface area contributed by atoms with Crippen molar-refractivity contribution in [2.45, 2.75) is 56.5 Å². The maximum absolute atomic E-state index is 12.9. The molecule has 0 fully saturated rings. The molecule has 10 N–H and O–H groups in total. The number of carbonyl (C=O) groups is 5. The number of aromatic nitrogens is 2. The zero-order chi connectivity index (χ0) is 25.1. The summed E-state index contributed by atoms with van der Waals surface area (Å²) in [6, 6.07) is -5.24. The molecule has 0 aliphatic heterocycles. The number of nitrogens with one attached hydrogen (secondary N) is 4. The van der Waals surface area contributed by atoms with Crippen LogP contribution in [0.1, 0.15) is 25.5 Å². The average Bonchev–Trinajstić information content (AvgIpc) is 3.25. The van der Waals surface area contributed by atoms with Crippen LogP contribution in [0.5, 0.6) is 0 Å². The summed E-state index contributed by atoms with van der Waals surface area (Å²) >= 11 is 3.94. The minimum absolute atomic E-state index is 0.0187. The molecule has 33 heavy (non-hydrogen) atoms. The highest BCUT2D eigenvalue weighted by atomic mass is 32.1. The van der Waals surface area contributed by atoms with Crippen LogP contribution in [-0.2, 0) is 30.4 Å². The quantitative estimate of drug-likeness (QED) is 0.117. The van der Waals surface area contributed by atoms with Crippen molar-refractivity contribution in [3.63, 3.8) is 0 Å². The number of H-pyrrole nitrogens is 1. The van der Waals surface area contributed by atoms with E-state index in [1.807, 2.05) is 0 Å². The predicted octanol–water partition coefficient (Wildman–Crippen LogP) is -3.61. The van der Waals surface area contributed by atoms with Crippen molar-refractivity contribution in [3.05, 3.63) is 18.2 Å². The number of hydrogen-bond acceptors (Lipinski definition) is 9. The van der Waals surface area contributed by atoms with E-state index in [0.29, 0.717) is 5.69 Å².